The summed E-state index contributed by atoms with van der Waals surface area (Å²) < 4.78 is 71.1. The first kappa shape index (κ1) is 24.0. The minimum Gasteiger partial charge on any atom is -0.247 e. The van der Waals surface area contributed by atoms with Crippen molar-refractivity contribution in [2.75, 3.05) is 0 Å². The van der Waals surface area contributed by atoms with Crippen LogP contribution in [0.1, 0.15) is 86.5 Å². The van der Waals surface area contributed by atoms with Gasteiger partial charge in [-0.1, -0.05) is 49.8 Å². The fourth-order valence-electron chi connectivity index (χ4n) is 4.01. The van der Waals surface area contributed by atoms with E-state index in [4.69, 9.17) is 0 Å². The highest BCUT2D eigenvalue weighted by Gasteiger charge is 2.25. The maximum Gasteiger partial charge on any atom is 0.174 e. The Kier molecular flexibility index (Phi) is 8.50. The molecule has 2 aromatic rings. The number of halogens is 5. The van der Waals surface area contributed by atoms with E-state index in [0.29, 0.717) is 25.7 Å². The van der Waals surface area contributed by atoms with E-state index in [0.717, 1.165) is 37.8 Å². The average Bonchev–Trinajstić information content (AvgIpc) is 2.77. The molecule has 0 unspecified atom stereocenters. The van der Waals surface area contributed by atoms with Gasteiger partial charge in [0.2, 0.25) is 0 Å². The summed E-state index contributed by atoms with van der Waals surface area (Å²) in [5.74, 6) is 1.17. The van der Waals surface area contributed by atoms with Crippen LogP contribution in [0.3, 0.4) is 0 Å². The van der Waals surface area contributed by atoms with Crippen LogP contribution in [0.2, 0.25) is 0 Å². The lowest BCUT2D eigenvalue weighted by Crippen LogP contribution is -2.15. The summed E-state index contributed by atoms with van der Waals surface area (Å²) >= 11 is 0. The van der Waals surface area contributed by atoms with Crippen molar-refractivity contribution in [2.24, 2.45) is 0 Å². The molecule has 1 fully saturated rings. The van der Waals surface area contributed by atoms with Crippen molar-refractivity contribution in [3.05, 3.63) is 75.9 Å². The molecule has 2 aromatic carbocycles. The van der Waals surface area contributed by atoms with Gasteiger partial charge in [0.25, 0.3) is 0 Å². The van der Waals surface area contributed by atoms with Crippen LogP contribution >= 0.6 is 0 Å². The summed E-state index contributed by atoms with van der Waals surface area (Å²) in [6.45, 7) is 2.08. The third kappa shape index (κ3) is 6.00. The Balaban J connectivity index is 1.77. The average molecular weight is 447 g/mol. The van der Waals surface area contributed by atoms with E-state index in [2.05, 4.69) is 18.8 Å². The number of hydrogen-bond donors (Lipinski definition) is 0. The van der Waals surface area contributed by atoms with Crippen LogP contribution < -0.4 is 0 Å². The molecule has 1 saturated carbocycles. The highest BCUT2D eigenvalue weighted by molar-refractivity contribution is 5.54. The van der Waals surface area contributed by atoms with Crippen LogP contribution in [0.15, 0.2) is 30.3 Å². The second-order valence-corrected chi connectivity index (χ2v) is 8.28. The number of benzene rings is 2. The molecule has 170 valence electrons. The van der Waals surface area contributed by atoms with Crippen molar-refractivity contribution in [2.45, 2.75) is 70.4 Å². The molecular formula is C27H27F5. The predicted molar refractivity (Wildman–Crippen MR) is 118 cm³/mol. The standard InChI is InChI=1S/C27H27F5/c1-2-3-4-5-6-7-23-24(29)16-18(17-25(23)30)8-9-20-12-15-22(27(32)26(20)31)19-10-13-21(28)14-11-19/h6-7,12,15-17,19,21H,2-5,10-11,13-14H2,1H3/b7-6+. The Bertz CT molecular complexity index is 997. The normalized spacial score (nSPS) is 18.6. The fourth-order valence-corrected chi connectivity index (χ4v) is 4.01. The van der Waals surface area contributed by atoms with Crippen molar-refractivity contribution in [3.8, 4) is 11.8 Å². The lowest BCUT2D eigenvalue weighted by molar-refractivity contribution is 0.233. The van der Waals surface area contributed by atoms with Gasteiger partial charge in [-0.25, -0.2) is 22.0 Å². The molecule has 0 bridgehead atoms. The fraction of sp³-hybridized carbons (Fsp3) is 0.407. The third-order valence-corrected chi connectivity index (χ3v) is 5.89. The molecule has 0 nitrogen and oxygen atoms in total. The maximum absolute atomic E-state index is 14.6. The molecular weight excluding hydrogens is 419 g/mol. The highest BCUT2D eigenvalue weighted by Crippen LogP contribution is 2.36. The molecule has 0 aliphatic heterocycles. The molecule has 0 heterocycles. The lowest BCUT2D eigenvalue weighted by atomic mass is 9.82. The first-order chi connectivity index (χ1) is 15.4. The molecule has 0 spiro atoms. The Morgan fingerprint density at radius 2 is 1.59 bits per heavy atom. The predicted octanol–water partition coefficient (Wildman–Crippen LogP) is 8.23. The van der Waals surface area contributed by atoms with Crippen molar-refractivity contribution in [1.82, 2.24) is 0 Å². The minimum atomic E-state index is -1.09. The van der Waals surface area contributed by atoms with E-state index in [1.54, 1.807) is 6.08 Å². The van der Waals surface area contributed by atoms with Crippen molar-refractivity contribution < 1.29 is 22.0 Å². The third-order valence-electron chi connectivity index (χ3n) is 5.89. The van der Waals surface area contributed by atoms with Crippen LogP contribution in [0, 0.1) is 35.1 Å². The maximum atomic E-state index is 14.6. The van der Waals surface area contributed by atoms with Gasteiger partial charge in [-0.2, -0.15) is 0 Å². The summed E-state index contributed by atoms with van der Waals surface area (Å²) in [5, 5.41) is 0. The molecule has 0 atom stereocenters. The van der Waals surface area contributed by atoms with E-state index in [1.807, 2.05) is 0 Å². The molecule has 1 aliphatic rings. The van der Waals surface area contributed by atoms with Crippen LogP contribution in [-0.4, -0.2) is 6.17 Å². The molecule has 5 heteroatoms. The van der Waals surface area contributed by atoms with E-state index in [-0.39, 0.29) is 28.2 Å². The van der Waals surface area contributed by atoms with Gasteiger partial charge >= 0.3 is 0 Å². The summed E-state index contributed by atoms with van der Waals surface area (Å²) in [6, 6.07) is 5.00. The Morgan fingerprint density at radius 3 is 2.25 bits per heavy atom. The summed E-state index contributed by atoms with van der Waals surface area (Å²) in [7, 11) is 0. The Labute approximate surface area is 186 Å². The number of rotatable bonds is 6. The minimum absolute atomic E-state index is 0.0354. The first-order valence-corrected chi connectivity index (χ1v) is 11.2. The van der Waals surface area contributed by atoms with Crippen LogP contribution in [-0.2, 0) is 0 Å². The van der Waals surface area contributed by atoms with Gasteiger partial charge in [0.1, 0.15) is 17.8 Å². The number of unbranched alkanes of at least 4 members (excludes halogenated alkanes) is 3. The van der Waals surface area contributed by atoms with Gasteiger partial charge in [-0.3, -0.25) is 0 Å². The van der Waals surface area contributed by atoms with E-state index in [1.165, 1.54) is 18.2 Å². The van der Waals surface area contributed by atoms with Crippen LogP contribution in [0.5, 0.6) is 0 Å². The monoisotopic (exact) mass is 446 g/mol. The zero-order chi connectivity index (χ0) is 23.1. The van der Waals surface area contributed by atoms with E-state index < -0.39 is 29.4 Å². The summed E-state index contributed by atoms with van der Waals surface area (Å²) in [5.41, 5.74) is -0.0665. The van der Waals surface area contributed by atoms with Crippen molar-refractivity contribution in [1.29, 1.82) is 0 Å². The van der Waals surface area contributed by atoms with Crippen LogP contribution in [0.4, 0.5) is 22.0 Å². The topological polar surface area (TPSA) is 0 Å². The molecule has 0 aromatic heterocycles. The van der Waals surface area contributed by atoms with Crippen LogP contribution in [0.25, 0.3) is 6.08 Å². The Hall–Kier alpha value is -2.61. The first-order valence-electron chi connectivity index (χ1n) is 11.2. The summed E-state index contributed by atoms with van der Waals surface area (Å²) in [4.78, 5) is 0. The Morgan fingerprint density at radius 1 is 0.906 bits per heavy atom. The van der Waals surface area contributed by atoms with Gasteiger partial charge < -0.3 is 0 Å². The molecule has 0 amide bonds. The SMILES string of the molecule is CCCCC/C=C/c1c(F)cc(C#Cc2ccc(C3CCC(F)CC3)c(F)c2F)cc1F. The molecule has 0 radical (unpaired) electrons. The van der Waals surface area contributed by atoms with Crippen molar-refractivity contribution in [3.63, 3.8) is 0 Å². The zero-order valence-electron chi connectivity index (χ0n) is 18.2. The molecule has 3 rings (SSSR count). The van der Waals surface area contributed by atoms with Gasteiger partial charge in [-0.15, -0.1) is 0 Å². The second-order valence-electron chi connectivity index (χ2n) is 8.28. The number of hydrogen-bond acceptors (Lipinski definition) is 0. The van der Waals surface area contributed by atoms with Gasteiger partial charge in [0.05, 0.1) is 5.56 Å². The second kappa shape index (κ2) is 11.3. The van der Waals surface area contributed by atoms with Gasteiger partial charge in [0.15, 0.2) is 11.6 Å². The van der Waals surface area contributed by atoms with E-state index in [9.17, 15) is 22.0 Å². The molecule has 32 heavy (non-hydrogen) atoms. The van der Waals surface area contributed by atoms with E-state index >= 15 is 0 Å². The van der Waals surface area contributed by atoms with Gasteiger partial charge in [0, 0.05) is 11.1 Å². The van der Waals surface area contributed by atoms with Crippen molar-refractivity contribution >= 4 is 6.08 Å². The summed E-state index contributed by atoms with van der Waals surface area (Å²) in [6.07, 6.45) is 7.72. The molecule has 0 N–H and O–H groups in total. The smallest absolute Gasteiger partial charge is 0.174 e. The lowest BCUT2D eigenvalue weighted by Gasteiger charge is -2.25. The number of allylic oxidation sites excluding steroid dienone is 1. The zero-order valence-corrected chi connectivity index (χ0v) is 18.2. The quantitative estimate of drug-likeness (QED) is 0.238. The molecule has 1 aliphatic carbocycles. The largest absolute Gasteiger partial charge is 0.247 e. The van der Waals surface area contributed by atoms with Gasteiger partial charge in [-0.05, 0) is 68.2 Å². The highest BCUT2D eigenvalue weighted by atomic mass is 19.2. The number of alkyl halides is 1. The molecule has 0 saturated heterocycles.